The van der Waals surface area contributed by atoms with Crippen LogP contribution in [-0.4, -0.2) is 30.0 Å². The topological polar surface area (TPSA) is 80.2 Å². The summed E-state index contributed by atoms with van der Waals surface area (Å²) in [4.78, 5) is 37.7. The molecule has 30 heavy (non-hydrogen) atoms. The van der Waals surface area contributed by atoms with Crippen LogP contribution in [0, 0.1) is 0 Å². The SMILES string of the molecule is CNC(=O)c1cn(CCc2ccccc2)cc(C(=O)NCCC2=CCCCC2)c1=O. The Morgan fingerprint density at radius 3 is 2.40 bits per heavy atom. The number of amides is 2. The molecular weight excluding hydrogens is 378 g/mol. The van der Waals surface area contributed by atoms with Gasteiger partial charge in [0.2, 0.25) is 5.43 Å². The van der Waals surface area contributed by atoms with E-state index in [1.807, 2.05) is 30.3 Å². The van der Waals surface area contributed by atoms with Gasteiger partial charge in [0.1, 0.15) is 11.1 Å². The molecule has 0 atom stereocenters. The molecule has 0 unspecified atom stereocenters. The van der Waals surface area contributed by atoms with E-state index in [0.717, 1.165) is 31.2 Å². The van der Waals surface area contributed by atoms with Crippen molar-refractivity contribution < 1.29 is 9.59 Å². The maximum absolute atomic E-state index is 12.8. The lowest BCUT2D eigenvalue weighted by Crippen LogP contribution is -2.35. The van der Waals surface area contributed by atoms with Gasteiger partial charge in [0.25, 0.3) is 11.8 Å². The zero-order chi connectivity index (χ0) is 21.3. The third-order valence-corrected chi connectivity index (χ3v) is 5.41. The molecular formula is C24H29N3O3. The predicted molar refractivity (Wildman–Crippen MR) is 118 cm³/mol. The average molecular weight is 408 g/mol. The van der Waals surface area contributed by atoms with E-state index in [9.17, 15) is 14.4 Å². The summed E-state index contributed by atoms with van der Waals surface area (Å²) in [5.41, 5.74) is 1.94. The summed E-state index contributed by atoms with van der Waals surface area (Å²) in [5, 5.41) is 5.33. The van der Waals surface area contributed by atoms with Gasteiger partial charge in [-0.3, -0.25) is 14.4 Å². The minimum Gasteiger partial charge on any atom is -0.355 e. The van der Waals surface area contributed by atoms with Gasteiger partial charge in [-0.15, -0.1) is 0 Å². The Balaban J connectivity index is 1.75. The zero-order valence-corrected chi connectivity index (χ0v) is 17.4. The first-order chi connectivity index (χ1) is 14.6. The van der Waals surface area contributed by atoms with Crippen LogP contribution < -0.4 is 16.1 Å². The number of pyridine rings is 1. The number of carbonyl (C=O) groups excluding carboxylic acids is 2. The molecule has 1 aromatic carbocycles. The molecule has 0 saturated heterocycles. The standard InChI is InChI=1S/C24H29N3O3/c1-25-23(29)20-16-27(15-13-19-10-6-3-7-11-19)17-21(22(20)28)24(30)26-14-12-18-8-4-2-5-9-18/h3,6-8,10-11,16-17H,2,4-5,9,12-15H2,1H3,(H,25,29)(H,26,30). The van der Waals surface area contributed by atoms with E-state index in [0.29, 0.717) is 13.1 Å². The Morgan fingerprint density at radius 1 is 1.00 bits per heavy atom. The number of benzene rings is 1. The van der Waals surface area contributed by atoms with Crippen LogP contribution >= 0.6 is 0 Å². The minimum absolute atomic E-state index is 0.00165. The quantitative estimate of drug-likeness (QED) is 0.660. The largest absolute Gasteiger partial charge is 0.355 e. The lowest BCUT2D eigenvalue weighted by Gasteiger charge is -2.14. The Morgan fingerprint density at radius 2 is 1.73 bits per heavy atom. The van der Waals surface area contributed by atoms with E-state index in [1.165, 1.54) is 31.7 Å². The van der Waals surface area contributed by atoms with Crippen LogP contribution in [0.25, 0.3) is 0 Å². The van der Waals surface area contributed by atoms with E-state index >= 15 is 0 Å². The Hall–Kier alpha value is -3.15. The van der Waals surface area contributed by atoms with Gasteiger partial charge in [-0.1, -0.05) is 42.0 Å². The Labute approximate surface area is 177 Å². The molecule has 0 spiro atoms. The number of aromatic nitrogens is 1. The fraction of sp³-hybridized carbons (Fsp3) is 0.375. The molecule has 0 aliphatic heterocycles. The van der Waals surface area contributed by atoms with Gasteiger partial charge in [0.05, 0.1) is 0 Å². The number of carbonyl (C=O) groups is 2. The molecule has 2 amide bonds. The molecule has 0 saturated carbocycles. The molecule has 0 radical (unpaired) electrons. The molecule has 6 nitrogen and oxygen atoms in total. The second-order valence-electron chi connectivity index (χ2n) is 7.58. The highest BCUT2D eigenvalue weighted by Crippen LogP contribution is 2.19. The number of nitrogens with one attached hydrogen (secondary N) is 2. The van der Waals surface area contributed by atoms with Crippen LogP contribution in [0.5, 0.6) is 0 Å². The summed E-state index contributed by atoms with van der Waals surface area (Å²) in [6.07, 6.45) is 11.4. The number of allylic oxidation sites excluding steroid dienone is 1. The number of rotatable bonds is 8. The first-order valence-electron chi connectivity index (χ1n) is 10.5. The lowest BCUT2D eigenvalue weighted by atomic mass is 9.97. The van der Waals surface area contributed by atoms with Gasteiger partial charge < -0.3 is 15.2 Å². The highest BCUT2D eigenvalue weighted by molar-refractivity contribution is 5.99. The van der Waals surface area contributed by atoms with Crippen LogP contribution in [-0.2, 0) is 13.0 Å². The van der Waals surface area contributed by atoms with E-state index in [1.54, 1.807) is 10.8 Å². The van der Waals surface area contributed by atoms with Crippen LogP contribution in [0.4, 0.5) is 0 Å². The van der Waals surface area contributed by atoms with E-state index in [2.05, 4.69) is 16.7 Å². The summed E-state index contributed by atoms with van der Waals surface area (Å²) < 4.78 is 1.75. The van der Waals surface area contributed by atoms with Gasteiger partial charge in [0, 0.05) is 32.5 Å². The van der Waals surface area contributed by atoms with Crippen LogP contribution in [0.1, 0.15) is 58.4 Å². The highest BCUT2D eigenvalue weighted by atomic mass is 16.2. The lowest BCUT2D eigenvalue weighted by molar-refractivity contribution is 0.0952. The molecule has 2 aromatic rings. The van der Waals surface area contributed by atoms with Crippen molar-refractivity contribution >= 4 is 11.8 Å². The van der Waals surface area contributed by atoms with Crippen molar-refractivity contribution in [2.75, 3.05) is 13.6 Å². The number of hydrogen-bond donors (Lipinski definition) is 2. The monoisotopic (exact) mass is 407 g/mol. The van der Waals surface area contributed by atoms with Crippen molar-refractivity contribution in [3.63, 3.8) is 0 Å². The van der Waals surface area contributed by atoms with Gasteiger partial charge in [-0.05, 0) is 44.1 Å². The van der Waals surface area contributed by atoms with E-state index in [4.69, 9.17) is 0 Å². The molecule has 2 N–H and O–H groups in total. The van der Waals surface area contributed by atoms with Crippen molar-refractivity contribution in [1.29, 1.82) is 0 Å². The van der Waals surface area contributed by atoms with Crippen molar-refractivity contribution in [1.82, 2.24) is 15.2 Å². The van der Waals surface area contributed by atoms with Crippen LogP contribution in [0.3, 0.4) is 0 Å². The normalized spacial score (nSPS) is 13.4. The first-order valence-corrected chi connectivity index (χ1v) is 10.5. The average Bonchev–Trinajstić information content (AvgIpc) is 2.79. The molecule has 0 bridgehead atoms. The maximum atomic E-state index is 12.8. The second kappa shape index (κ2) is 10.6. The number of aryl methyl sites for hydroxylation is 2. The summed E-state index contributed by atoms with van der Waals surface area (Å²) in [6.45, 7) is 1.04. The molecule has 6 heteroatoms. The summed E-state index contributed by atoms with van der Waals surface area (Å²) in [6, 6.07) is 9.94. The van der Waals surface area contributed by atoms with Crippen molar-refractivity contribution in [3.8, 4) is 0 Å². The van der Waals surface area contributed by atoms with Crippen LogP contribution in [0.2, 0.25) is 0 Å². The van der Waals surface area contributed by atoms with E-state index in [-0.39, 0.29) is 11.1 Å². The van der Waals surface area contributed by atoms with Crippen LogP contribution in [0.15, 0.2) is 59.2 Å². The third-order valence-electron chi connectivity index (χ3n) is 5.41. The predicted octanol–water partition coefficient (Wildman–Crippen LogP) is 3.07. The molecule has 1 aliphatic carbocycles. The Bertz CT molecular complexity index is 977. The van der Waals surface area contributed by atoms with Gasteiger partial charge in [0.15, 0.2) is 0 Å². The summed E-state index contributed by atoms with van der Waals surface area (Å²) in [7, 11) is 1.47. The van der Waals surface area contributed by atoms with E-state index < -0.39 is 17.2 Å². The minimum atomic E-state index is -0.542. The van der Waals surface area contributed by atoms with Crippen molar-refractivity contribution in [2.45, 2.75) is 45.1 Å². The Kier molecular flexibility index (Phi) is 7.60. The molecule has 1 aromatic heterocycles. The third kappa shape index (κ3) is 5.69. The van der Waals surface area contributed by atoms with Crippen molar-refractivity contribution in [3.05, 3.63) is 81.3 Å². The summed E-state index contributed by atoms with van der Waals surface area (Å²) in [5.74, 6) is -0.925. The second-order valence-corrected chi connectivity index (χ2v) is 7.58. The first kappa shape index (κ1) is 21.6. The highest BCUT2D eigenvalue weighted by Gasteiger charge is 2.18. The van der Waals surface area contributed by atoms with Gasteiger partial charge in [-0.2, -0.15) is 0 Å². The molecule has 1 aliphatic rings. The zero-order valence-electron chi connectivity index (χ0n) is 17.4. The van der Waals surface area contributed by atoms with Gasteiger partial charge >= 0.3 is 0 Å². The molecule has 158 valence electrons. The number of nitrogens with zero attached hydrogens (tertiary/aromatic N) is 1. The summed E-state index contributed by atoms with van der Waals surface area (Å²) >= 11 is 0. The number of hydrogen-bond acceptors (Lipinski definition) is 3. The van der Waals surface area contributed by atoms with Gasteiger partial charge in [-0.25, -0.2) is 0 Å². The molecule has 3 rings (SSSR count). The fourth-order valence-electron chi connectivity index (χ4n) is 3.68. The fourth-order valence-corrected chi connectivity index (χ4v) is 3.68. The maximum Gasteiger partial charge on any atom is 0.256 e. The molecule has 0 fully saturated rings. The smallest absolute Gasteiger partial charge is 0.256 e. The molecule has 1 heterocycles. The van der Waals surface area contributed by atoms with Crippen molar-refractivity contribution in [2.24, 2.45) is 0 Å².